The van der Waals surface area contributed by atoms with Gasteiger partial charge < -0.3 is 5.32 Å². The first-order valence-electron chi connectivity index (χ1n) is 5.48. The van der Waals surface area contributed by atoms with E-state index in [2.05, 4.69) is 5.32 Å². The molecule has 1 amide bonds. The average molecular weight is 306 g/mol. The number of nitro groups is 1. The number of hydrogen-bond donors (Lipinski definition) is 1. The topological polar surface area (TPSA) is 89.3 Å². The van der Waals surface area contributed by atoms with Gasteiger partial charge in [-0.25, -0.2) is 4.39 Å². The predicted molar refractivity (Wildman–Crippen MR) is 68.9 cm³/mol. The van der Waals surface area contributed by atoms with Crippen molar-refractivity contribution >= 4 is 22.4 Å². The fourth-order valence-electron chi connectivity index (χ4n) is 1.33. The van der Waals surface area contributed by atoms with E-state index in [1.807, 2.05) is 0 Å². The SMILES string of the molecule is CC(CNC(=O)c1c(F)ccc([N+](=O)[O-])c1F)S(C)=O. The molecule has 1 N–H and O–H groups in total. The average Bonchev–Trinajstić information content (AvgIpc) is 2.35. The van der Waals surface area contributed by atoms with E-state index in [0.717, 1.165) is 0 Å². The molecule has 1 rings (SSSR count). The molecule has 0 radical (unpaired) electrons. The maximum Gasteiger partial charge on any atom is 0.305 e. The molecular weight excluding hydrogens is 294 g/mol. The van der Waals surface area contributed by atoms with E-state index in [1.54, 1.807) is 6.92 Å². The summed E-state index contributed by atoms with van der Waals surface area (Å²) in [5, 5.41) is 12.3. The summed E-state index contributed by atoms with van der Waals surface area (Å²) in [6.45, 7) is 1.51. The summed E-state index contributed by atoms with van der Waals surface area (Å²) in [4.78, 5) is 21.2. The molecule has 1 aromatic rings. The quantitative estimate of drug-likeness (QED) is 0.657. The van der Waals surface area contributed by atoms with Gasteiger partial charge in [0, 0.05) is 34.9 Å². The fraction of sp³-hybridized carbons (Fsp3) is 0.364. The highest BCUT2D eigenvalue weighted by Crippen LogP contribution is 2.22. The van der Waals surface area contributed by atoms with Crippen LogP contribution in [0.3, 0.4) is 0 Å². The van der Waals surface area contributed by atoms with Gasteiger partial charge in [0.25, 0.3) is 5.91 Å². The molecule has 0 spiro atoms. The van der Waals surface area contributed by atoms with Crippen molar-refractivity contribution < 1.29 is 22.7 Å². The number of amides is 1. The molecular formula is C11H12F2N2O4S. The van der Waals surface area contributed by atoms with Crippen LogP contribution in [0.4, 0.5) is 14.5 Å². The Kier molecular flexibility index (Phi) is 5.26. The Morgan fingerprint density at radius 3 is 2.60 bits per heavy atom. The maximum absolute atomic E-state index is 13.7. The molecule has 0 saturated carbocycles. The molecule has 20 heavy (non-hydrogen) atoms. The highest BCUT2D eigenvalue weighted by Gasteiger charge is 2.26. The number of benzene rings is 1. The fourth-order valence-corrected chi connectivity index (χ4v) is 1.65. The van der Waals surface area contributed by atoms with Crippen molar-refractivity contribution in [2.75, 3.05) is 12.8 Å². The molecule has 1 aromatic carbocycles. The lowest BCUT2D eigenvalue weighted by atomic mass is 10.1. The lowest BCUT2D eigenvalue weighted by Crippen LogP contribution is -2.33. The normalized spacial score (nSPS) is 13.6. The molecule has 0 fully saturated rings. The van der Waals surface area contributed by atoms with Crippen LogP contribution in [0.25, 0.3) is 0 Å². The third kappa shape index (κ3) is 3.56. The van der Waals surface area contributed by atoms with Gasteiger partial charge in [-0.05, 0) is 13.0 Å². The molecule has 110 valence electrons. The summed E-state index contributed by atoms with van der Waals surface area (Å²) in [6, 6.07) is 1.29. The van der Waals surface area contributed by atoms with Crippen LogP contribution in [-0.4, -0.2) is 33.1 Å². The largest absolute Gasteiger partial charge is 0.351 e. The Hall–Kier alpha value is -1.90. The van der Waals surface area contributed by atoms with Gasteiger partial charge in [0.15, 0.2) is 0 Å². The van der Waals surface area contributed by atoms with Crippen molar-refractivity contribution in [2.45, 2.75) is 12.2 Å². The molecule has 2 atom stereocenters. The molecule has 2 unspecified atom stereocenters. The molecule has 9 heteroatoms. The molecule has 0 aliphatic carbocycles. The Morgan fingerprint density at radius 2 is 2.10 bits per heavy atom. The Labute approximate surface area is 115 Å². The molecule has 0 saturated heterocycles. The summed E-state index contributed by atoms with van der Waals surface area (Å²) in [7, 11) is -1.22. The van der Waals surface area contributed by atoms with Crippen LogP contribution >= 0.6 is 0 Å². The number of nitrogens with one attached hydrogen (secondary N) is 1. The van der Waals surface area contributed by atoms with Gasteiger partial charge in [-0.3, -0.25) is 19.1 Å². The summed E-state index contributed by atoms with van der Waals surface area (Å²) in [5.41, 5.74) is -2.00. The van der Waals surface area contributed by atoms with Crippen LogP contribution < -0.4 is 5.32 Å². The van der Waals surface area contributed by atoms with Gasteiger partial charge >= 0.3 is 5.69 Å². The zero-order valence-corrected chi connectivity index (χ0v) is 11.5. The number of carbonyl (C=O) groups excluding carboxylic acids is 1. The minimum absolute atomic E-state index is 0.0660. The first-order valence-corrected chi connectivity index (χ1v) is 7.10. The summed E-state index contributed by atoms with van der Waals surface area (Å²) < 4.78 is 38.3. The second-order valence-electron chi connectivity index (χ2n) is 4.03. The van der Waals surface area contributed by atoms with E-state index >= 15 is 0 Å². The Bertz CT molecular complexity index is 580. The van der Waals surface area contributed by atoms with Crippen LogP contribution in [0.1, 0.15) is 17.3 Å². The van der Waals surface area contributed by atoms with E-state index in [4.69, 9.17) is 0 Å². The smallest absolute Gasteiger partial charge is 0.305 e. The molecule has 6 nitrogen and oxygen atoms in total. The highest BCUT2D eigenvalue weighted by molar-refractivity contribution is 7.84. The van der Waals surface area contributed by atoms with Crippen molar-refractivity contribution in [3.8, 4) is 0 Å². The standard InChI is InChI=1S/C11H12F2N2O4S/c1-6(20(2)19)5-14-11(16)9-7(12)3-4-8(10(9)13)15(17)18/h3-4,6H,5H2,1-2H3,(H,14,16). The Morgan fingerprint density at radius 1 is 1.50 bits per heavy atom. The third-order valence-electron chi connectivity index (χ3n) is 2.61. The lowest BCUT2D eigenvalue weighted by Gasteiger charge is -2.10. The minimum Gasteiger partial charge on any atom is -0.351 e. The van der Waals surface area contributed by atoms with E-state index in [-0.39, 0.29) is 6.54 Å². The molecule has 0 aliphatic heterocycles. The summed E-state index contributed by atoms with van der Waals surface area (Å²) in [6.07, 6.45) is 1.42. The monoisotopic (exact) mass is 306 g/mol. The summed E-state index contributed by atoms with van der Waals surface area (Å²) >= 11 is 0. The first-order chi connectivity index (χ1) is 9.25. The molecule has 0 heterocycles. The number of halogens is 2. The zero-order chi connectivity index (χ0) is 15.4. The van der Waals surface area contributed by atoms with E-state index in [1.165, 1.54) is 6.26 Å². The van der Waals surface area contributed by atoms with Crippen molar-refractivity contribution in [1.29, 1.82) is 0 Å². The van der Waals surface area contributed by atoms with E-state index in [0.29, 0.717) is 12.1 Å². The second-order valence-corrected chi connectivity index (χ2v) is 5.83. The van der Waals surface area contributed by atoms with Crippen molar-refractivity contribution in [3.63, 3.8) is 0 Å². The predicted octanol–water partition coefficient (Wildman–Crippen LogP) is 1.37. The van der Waals surface area contributed by atoms with Gasteiger partial charge in [0.05, 0.1) is 4.92 Å². The van der Waals surface area contributed by atoms with Crippen molar-refractivity contribution in [3.05, 3.63) is 39.4 Å². The van der Waals surface area contributed by atoms with E-state index < -0.39 is 49.8 Å². The van der Waals surface area contributed by atoms with Gasteiger partial charge in [-0.2, -0.15) is 4.39 Å². The second kappa shape index (κ2) is 6.51. The molecule has 0 aromatic heterocycles. The number of nitrogens with zero attached hydrogens (tertiary/aromatic N) is 1. The first kappa shape index (κ1) is 16.2. The highest BCUT2D eigenvalue weighted by atomic mass is 32.2. The zero-order valence-electron chi connectivity index (χ0n) is 10.7. The number of rotatable bonds is 5. The van der Waals surface area contributed by atoms with Gasteiger partial charge in [0.1, 0.15) is 11.4 Å². The minimum atomic E-state index is -1.53. The number of carbonyl (C=O) groups is 1. The summed E-state index contributed by atoms with van der Waals surface area (Å²) in [5.74, 6) is -3.85. The van der Waals surface area contributed by atoms with Crippen LogP contribution in [0.5, 0.6) is 0 Å². The van der Waals surface area contributed by atoms with Gasteiger partial charge in [-0.15, -0.1) is 0 Å². The molecule has 0 aliphatic rings. The Balaban J connectivity index is 3.01. The third-order valence-corrected chi connectivity index (χ3v) is 3.91. The van der Waals surface area contributed by atoms with Crippen LogP contribution in [-0.2, 0) is 10.8 Å². The van der Waals surface area contributed by atoms with Crippen LogP contribution in [0.15, 0.2) is 12.1 Å². The number of hydrogen-bond acceptors (Lipinski definition) is 4. The van der Waals surface area contributed by atoms with Crippen LogP contribution in [0.2, 0.25) is 0 Å². The van der Waals surface area contributed by atoms with E-state index in [9.17, 15) is 27.9 Å². The van der Waals surface area contributed by atoms with Crippen molar-refractivity contribution in [2.24, 2.45) is 0 Å². The lowest BCUT2D eigenvalue weighted by molar-refractivity contribution is -0.387. The maximum atomic E-state index is 13.7. The van der Waals surface area contributed by atoms with Crippen molar-refractivity contribution in [1.82, 2.24) is 5.32 Å². The number of nitro benzene ring substituents is 1. The van der Waals surface area contributed by atoms with Gasteiger partial charge in [0.2, 0.25) is 5.82 Å². The molecule has 0 bridgehead atoms. The van der Waals surface area contributed by atoms with Crippen LogP contribution in [0, 0.1) is 21.7 Å². The van der Waals surface area contributed by atoms with Gasteiger partial charge in [-0.1, -0.05) is 0 Å².